The van der Waals surface area contributed by atoms with Crippen LogP contribution < -0.4 is 0 Å². The van der Waals surface area contributed by atoms with Gasteiger partial charge in [-0.3, -0.25) is 0 Å². The van der Waals surface area contributed by atoms with Crippen molar-refractivity contribution in [3.8, 4) is 0 Å². The first-order valence-corrected chi connectivity index (χ1v) is 5.45. The quantitative estimate of drug-likeness (QED) is 0.397. The van der Waals surface area contributed by atoms with Crippen LogP contribution in [0.4, 0.5) is 0 Å². The van der Waals surface area contributed by atoms with Gasteiger partial charge in [-0.05, 0) is 33.1 Å². The van der Waals surface area contributed by atoms with Crippen LogP contribution in [0.3, 0.4) is 0 Å². The molecule has 0 aromatic rings. The van der Waals surface area contributed by atoms with Crippen molar-refractivity contribution in [3.63, 3.8) is 0 Å². The van der Waals surface area contributed by atoms with Crippen LogP contribution in [0.25, 0.3) is 0 Å². The molecule has 0 aliphatic carbocycles. The molecule has 0 rings (SSSR count). The van der Waals surface area contributed by atoms with Crippen molar-refractivity contribution in [2.45, 2.75) is 39.2 Å². The first kappa shape index (κ1) is 14.6. The Kier molecular flexibility index (Phi) is 8.17. The highest BCUT2D eigenvalue weighted by Gasteiger charge is 1.92. The van der Waals surface area contributed by atoms with Crippen LogP contribution in [0.1, 0.15) is 33.1 Å². The number of hydrogen-bond donors (Lipinski definition) is 2. The Hall–Kier alpha value is -1.35. The summed E-state index contributed by atoms with van der Waals surface area (Å²) in [6, 6.07) is 0. The van der Waals surface area contributed by atoms with Gasteiger partial charge in [-0.25, -0.2) is 4.79 Å². The van der Waals surface area contributed by atoms with Gasteiger partial charge in [0.1, 0.15) is 0 Å². The molecule has 1 unspecified atom stereocenters. The summed E-state index contributed by atoms with van der Waals surface area (Å²) >= 11 is 0. The molecule has 0 saturated heterocycles. The Morgan fingerprint density at radius 1 is 1.38 bits per heavy atom. The van der Waals surface area contributed by atoms with Crippen LogP contribution in [0, 0.1) is 0 Å². The number of rotatable bonds is 7. The average Bonchev–Trinajstić information content (AvgIpc) is 2.19. The average molecular weight is 224 g/mol. The minimum absolute atomic E-state index is 0.232. The lowest BCUT2D eigenvalue weighted by Gasteiger charge is -1.99. The first-order chi connectivity index (χ1) is 7.52. The Morgan fingerprint density at radius 3 is 2.62 bits per heavy atom. The van der Waals surface area contributed by atoms with Crippen LogP contribution in [-0.4, -0.2) is 22.3 Å². The maximum absolute atomic E-state index is 10.2. The first-order valence-electron chi connectivity index (χ1n) is 5.45. The molecule has 1 atom stereocenters. The summed E-state index contributed by atoms with van der Waals surface area (Å²) in [6.45, 7) is 3.63. The van der Waals surface area contributed by atoms with E-state index in [2.05, 4.69) is 0 Å². The number of carbonyl (C=O) groups is 1. The molecule has 2 N–H and O–H groups in total. The highest BCUT2D eigenvalue weighted by Crippen LogP contribution is 2.02. The Bertz CT molecular complexity index is 286. The smallest absolute Gasteiger partial charge is 0.328 e. The lowest BCUT2D eigenvalue weighted by Crippen LogP contribution is -1.97. The summed E-state index contributed by atoms with van der Waals surface area (Å²) in [6.07, 6.45) is 10.9. The number of aliphatic hydroxyl groups excluding tert-OH is 1. The van der Waals surface area contributed by atoms with Gasteiger partial charge < -0.3 is 10.2 Å². The SMILES string of the molecule is CC(C=CC(=O)O)=CC=CCCCC(C)O. The van der Waals surface area contributed by atoms with E-state index in [1.807, 2.05) is 25.2 Å². The number of hydrogen-bond acceptors (Lipinski definition) is 2. The van der Waals surface area contributed by atoms with E-state index >= 15 is 0 Å². The van der Waals surface area contributed by atoms with Crippen LogP contribution >= 0.6 is 0 Å². The molecular formula is C13H20O3. The number of aliphatic hydroxyl groups is 1. The molecule has 0 aliphatic rings. The third-order valence-electron chi connectivity index (χ3n) is 1.98. The maximum atomic E-state index is 10.2. The van der Waals surface area contributed by atoms with Gasteiger partial charge in [-0.15, -0.1) is 0 Å². The van der Waals surface area contributed by atoms with E-state index in [1.165, 1.54) is 0 Å². The van der Waals surface area contributed by atoms with Crippen LogP contribution in [0.15, 0.2) is 36.0 Å². The Morgan fingerprint density at radius 2 is 2.06 bits per heavy atom. The largest absolute Gasteiger partial charge is 0.478 e. The van der Waals surface area contributed by atoms with Crippen molar-refractivity contribution in [1.29, 1.82) is 0 Å². The molecule has 0 aromatic heterocycles. The zero-order valence-corrected chi connectivity index (χ0v) is 9.89. The summed E-state index contributed by atoms with van der Waals surface area (Å²) in [5.41, 5.74) is 0.897. The van der Waals surface area contributed by atoms with Crippen molar-refractivity contribution >= 4 is 5.97 Å². The zero-order chi connectivity index (χ0) is 12.4. The third kappa shape index (κ3) is 10.7. The minimum atomic E-state index is -0.936. The van der Waals surface area contributed by atoms with Gasteiger partial charge in [0.05, 0.1) is 6.10 Å². The number of carboxylic acids is 1. The van der Waals surface area contributed by atoms with Gasteiger partial charge in [0.15, 0.2) is 0 Å². The fourth-order valence-corrected chi connectivity index (χ4v) is 1.11. The van der Waals surface area contributed by atoms with Crippen LogP contribution in [0.5, 0.6) is 0 Å². The fourth-order valence-electron chi connectivity index (χ4n) is 1.11. The summed E-state index contributed by atoms with van der Waals surface area (Å²) in [5.74, 6) is -0.936. The van der Waals surface area contributed by atoms with E-state index in [-0.39, 0.29) is 6.10 Å². The normalized spacial score (nSPS) is 14.8. The molecule has 0 spiro atoms. The maximum Gasteiger partial charge on any atom is 0.328 e. The van der Waals surface area contributed by atoms with Crippen LogP contribution in [-0.2, 0) is 4.79 Å². The molecule has 0 aromatic carbocycles. The molecule has 16 heavy (non-hydrogen) atoms. The van der Waals surface area contributed by atoms with Gasteiger partial charge in [-0.1, -0.05) is 29.9 Å². The molecule has 0 saturated carbocycles. The lowest BCUT2D eigenvalue weighted by molar-refractivity contribution is -0.131. The second kappa shape index (κ2) is 8.92. The third-order valence-corrected chi connectivity index (χ3v) is 1.98. The second-order valence-electron chi connectivity index (χ2n) is 3.79. The van der Waals surface area contributed by atoms with E-state index in [9.17, 15) is 4.79 Å². The predicted molar refractivity (Wildman–Crippen MR) is 65.2 cm³/mol. The van der Waals surface area contributed by atoms with Crippen LogP contribution in [0.2, 0.25) is 0 Å². The molecular weight excluding hydrogens is 204 g/mol. The minimum Gasteiger partial charge on any atom is -0.478 e. The standard InChI is InChI=1S/C13H20O3/c1-11(9-10-13(15)16)7-5-3-4-6-8-12(2)14/h3,5,7,9-10,12,14H,4,6,8H2,1-2H3,(H,15,16). The molecule has 3 nitrogen and oxygen atoms in total. The molecule has 90 valence electrons. The predicted octanol–water partition coefficient (Wildman–Crippen LogP) is 2.68. The van der Waals surface area contributed by atoms with Crippen molar-refractivity contribution in [2.75, 3.05) is 0 Å². The van der Waals surface area contributed by atoms with Gasteiger partial charge in [0, 0.05) is 6.08 Å². The van der Waals surface area contributed by atoms with E-state index in [1.54, 1.807) is 13.0 Å². The second-order valence-corrected chi connectivity index (χ2v) is 3.79. The van der Waals surface area contributed by atoms with Gasteiger partial charge >= 0.3 is 5.97 Å². The molecule has 0 amide bonds. The molecule has 0 aliphatic heterocycles. The van der Waals surface area contributed by atoms with Crippen molar-refractivity contribution < 1.29 is 15.0 Å². The summed E-state index contributed by atoms with van der Waals surface area (Å²) < 4.78 is 0. The molecule has 0 fully saturated rings. The van der Waals surface area contributed by atoms with Crippen molar-refractivity contribution in [3.05, 3.63) is 36.0 Å². The number of carboxylic acid groups (broad SMARTS) is 1. The van der Waals surface area contributed by atoms with Crippen molar-refractivity contribution in [2.24, 2.45) is 0 Å². The number of aliphatic carboxylic acids is 1. The summed E-state index contributed by atoms with van der Waals surface area (Å²) in [5, 5.41) is 17.4. The molecule has 0 radical (unpaired) electrons. The zero-order valence-electron chi connectivity index (χ0n) is 9.89. The van der Waals surface area contributed by atoms with Crippen molar-refractivity contribution in [1.82, 2.24) is 0 Å². The molecule has 0 bridgehead atoms. The lowest BCUT2D eigenvalue weighted by atomic mass is 10.1. The van der Waals surface area contributed by atoms with Gasteiger partial charge in [-0.2, -0.15) is 0 Å². The van der Waals surface area contributed by atoms with E-state index in [4.69, 9.17) is 10.2 Å². The van der Waals surface area contributed by atoms with E-state index in [0.717, 1.165) is 30.9 Å². The fraction of sp³-hybridized carbons (Fsp3) is 0.462. The summed E-state index contributed by atoms with van der Waals surface area (Å²) in [4.78, 5) is 10.2. The highest BCUT2D eigenvalue weighted by atomic mass is 16.4. The Balaban J connectivity index is 3.80. The number of allylic oxidation sites excluding steroid dienone is 5. The van der Waals surface area contributed by atoms with E-state index in [0.29, 0.717) is 0 Å². The van der Waals surface area contributed by atoms with Gasteiger partial charge in [0.25, 0.3) is 0 Å². The molecule has 0 heterocycles. The highest BCUT2D eigenvalue weighted by molar-refractivity contribution is 5.80. The van der Waals surface area contributed by atoms with Gasteiger partial charge in [0.2, 0.25) is 0 Å². The monoisotopic (exact) mass is 224 g/mol. The van der Waals surface area contributed by atoms with E-state index < -0.39 is 5.97 Å². The Labute approximate surface area is 96.8 Å². The topological polar surface area (TPSA) is 57.5 Å². The number of unbranched alkanes of at least 4 members (excludes halogenated alkanes) is 1. The molecule has 3 heteroatoms. The summed E-state index contributed by atoms with van der Waals surface area (Å²) in [7, 11) is 0.